The monoisotopic (exact) mass is 302 g/mol. The van der Waals surface area contributed by atoms with Gasteiger partial charge in [0.25, 0.3) is 5.91 Å². The van der Waals surface area contributed by atoms with Crippen molar-refractivity contribution in [2.45, 2.75) is 25.8 Å². The molecule has 0 radical (unpaired) electrons. The molecule has 0 spiro atoms. The molecule has 0 aliphatic heterocycles. The van der Waals surface area contributed by atoms with Gasteiger partial charge in [0.1, 0.15) is 0 Å². The van der Waals surface area contributed by atoms with Gasteiger partial charge in [-0.15, -0.1) is 0 Å². The third-order valence-electron chi connectivity index (χ3n) is 2.97. The van der Waals surface area contributed by atoms with Crippen molar-refractivity contribution in [3.63, 3.8) is 0 Å². The van der Waals surface area contributed by atoms with E-state index in [2.05, 4.69) is 10.6 Å². The van der Waals surface area contributed by atoms with E-state index in [1.165, 1.54) is 6.08 Å². The highest BCUT2D eigenvalue weighted by Crippen LogP contribution is 2.18. The molecule has 0 unspecified atom stereocenters. The maximum absolute atomic E-state index is 11.5. The van der Waals surface area contributed by atoms with Crippen LogP contribution in [-0.4, -0.2) is 30.6 Å². The SMILES string of the molecule is Cc1cccc(/C=C/C(=O)OCC(=O)NC(=O)NC2CC2)c1. The van der Waals surface area contributed by atoms with Gasteiger partial charge in [0.05, 0.1) is 0 Å². The van der Waals surface area contributed by atoms with Gasteiger partial charge in [0.15, 0.2) is 6.61 Å². The number of imide groups is 1. The molecule has 2 N–H and O–H groups in total. The molecule has 0 atom stereocenters. The number of carbonyl (C=O) groups is 3. The number of aryl methyl sites for hydroxylation is 1. The molecule has 0 bridgehead atoms. The van der Waals surface area contributed by atoms with Crippen LogP contribution in [0.1, 0.15) is 24.0 Å². The minimum absolute atomic E-state index is 0.160. The average molecular weight is 302 g/mol. The van der Waals surface area contributed by atoms with E-state index in [0.29, 0.717) is 0 Å². The molecular formula is C16H18N2O4. The summed E-state index contributed by atoms with van der Waals surface area (Å²) < 4.78 is 4.76. The Morgan fingerprint density at radius 2 is 2.09 bits per heavy atom. The molecule has 1 aromatic rings. The van der Waals surface area contributed by atoms with Gasteiger partial charge in [-0.25, -0.2) is 9.59 Å². The van der Waals surface area contributed by atoms with Crippen molar-refractivity contribution in [2.75, 3.05) is 6.61 Å². The summed E-state index contributed by atoms with van der Waals surface area (Å²) in [5.74, 6) is -1.30. The lowest BCUT2D eigenvalue weighted by atomic mass is 10.1. The predicted octanol–water partition coefficient (Wildman–Crippen LogP) is 1.54. The normalized spacial score (nSPS) is 13.7. The Morgan fingerprint density at radius 3 is 2.77 bits per heavy atom. The Balaban J connectivity index is 1.70. The maximum Gasteiger partial charge on any atom is 0.331 e. The summed E-state index contributed by atoms with van der Waals surface area (Å²) in [5.41, 5.74) is 1.95. The Hall–Kier alpha value is -2.63. The predicted molar refractivity (Wildman–Crippen MR) is 80.9 cm³/mol. The van der Waals surface area contributed by atoms with Gasteiger partial charge in [0.2, 0.25) is 0 Å². The van der Waals surface area contributed by atoms with E-state index in [4.69, 9.17) is 4.74 Å². The first-order chi connectivity index (χ1) is 10.5. The van der Waals surface area contributed by atoms with E-state index >= 15 is 0 Å². The first-order valence-corrected chi connectivity index (χ1v) is 7.05. The molecule has 6 heteroatoms. The standard InChI is InChI=1S/C16H18N2O4/c1-11-3-2-4-12(9-11)5-8-15(20)22-10-14(19)18-16(21)17-13-6-7-13/h2-5,8-9,13H,6-7,10H2,1H3,(H2,17,18,19,21)/b8-5+. The molecule has 0 aromatic heterocycles. The van der Waals surface area contributed by atoms with Crippen molar-refractivity contribution in [1.29, 1.82) is 0 Å². The summed E-state index contributed by atoms with van der Waals surface area (Å²) in [6.45, 7) is 1.46. The molecule has 6 nitrogen and oxygen atoms in total. The third-order valence-corrected chi connectivity index (χ3v) is 2.97. The molecule has 3 amide bonds. The van der Waals surface area contributed by atoms with Gasteiger partial charge < -0.3 is 10.1 Å². The number of esters is 1. The number of nitrogens with one attached hydrogen (secondary N) is 2. The molecule has 1 aliphatic carbocycles. The lowest BCUT2D eigenvalue weighted by Gasteiger charge is -2.05. The second kappa shape index (κ2) is 7.40. The van der Waals surface area contributed by atoms with Crippen LogP contribution >= 0.6 is 0 Å². The number of hydrogen-bond acceptors (Lipinski definition) is 4. The minimum Gasteiger partial charge on any atom is -0.452 e. The number of hydrogen-bond donors (Lipinski definition) is 2. The quantitative estimate of drug-likeness (QED) is 0.638. The second-order valence-corrected chi connectivity index (χ2v) is 5.15. The van der Waals surface area contributed by atoms with Crippen LogP contribution in [0.5, 0.6) is 0 Å². The van der Waals surface area contributed by atoms with Crippen LogP contribution in [0.3, 0.4) is 0 Å². The van der Waals surface area contributed by atoms with Crippen molar-refractivity contribution >= 4 is 24.0 Å². The molecular weight excluding hydrogens is 284 g/mol. The molecule has 22 heavy (non-hydrogen) atoms. The van der Waals surface area contributed by atoms with Crippen LogP contribution in [-0.2, 0) is 14.3 Å². The van der Waals surface area contributed by atoms with E-state index in [1.807, 2.05) is 31.2 Å². The fraction of sp³-hybridized carbons (Fsp3) is 0.312. The first-order valence-electron chi connectivity index (χ1n) is 7.05. The van der Waals surface area contributed by atoms with E-state index in [0.717, 1.165) is 24.0 Å². The zero-order valence-electron chi connectivity index (χ0n) is 12.3. The van der Waals surface area contributed by atoms with E-state index < -0.39 is 24.5 Å². The van der Waals surface area contributed by atoms with Crippen molar-refractivity contribution in [3.8, 4) is 0 Å². The Morgan fingerprint density at radius 1 is 1.32 bits per heavy atom. The van der Waals surface area contributed by atoms with Crippen LogP contribution in [0.15, 0.2) is 30.3 Å². The Kier molecular flexibility index (Phi) is 5.30. The highest BCUT2D eigenvalue weighted by atomic mass is 16.5. The van der Waals surface area contributed by atoms with Gasteiger partial charge in [-0.3, -0.25) is 10.1 Å². The van der Waals surface area contributed by atoms with Crippen LogP contribution in [0, 0.1) is 6.92 Å². The van der Waals surface area contributed by atoms with Crippen molar-refractivity contribution < 1.29 is 19.1 Å². The Bertz CT molecular complexity index is 606. The van der Waals surface area contributed by atoms with Gasteiger partial charge in [0, 0.05) is 12.1 Å². The van der Waals surface area contributed by atoms with Crippen molar-refractivity contribution in [1.82, 2.24) is 10.6 Å². The highest BCUT2D eigenvalue weighted by Gasteiger charge is 2.23. The fourth-order valence-electron chi connectivity index (χ4n) is 1.73. The van der Waals surface area contributed by atoms with E-state index in [1.54, 1.807) is 6.08 Å². The molecule has 116 valence electrons. The van der Waals surface area contributed by atoms with E-state index in [-0.39, 0.29) is 6.04 Å². The van der Waals surface area contributed by atoms with Crippen LogP contribution < -0.4 is 10.6 Å². The molecule has 1 saturated carbocycles. The zero-order chi connectivity index (χ0) is 15.9. The number of rotatable bonds is 5. The van der Waals surface area contributed by atoms with Crippen LogP contribution in [0.4, 0.5) is 4.79 Å². The third kappa shape index (κ3) is 5.78. The average Bonchev–Trinajstić information content (AvgIpc) is 3.26. The summed E-state index contributed by atoms with van der Waals surface area (Å²) in [7, 11) is 0. The lowest BCUT2D eigenvalue weighted by molar-refractivity contribution is -0.143. The summed E-state index contributed by atoms with van der Waals surface area (Å²) in [4.78, 5) is 34.2. The number of carbonyl (C=O) groups excluding carboxylic acids is 3. The lowest BCUT2D eigenvalue weighted by Crippen LogP contribution is -2.42. The maximum atomic E-state index is 11.5. The number of amides is 3. The zero-order valence-corrected chi connectivity index (χ0v) is 12.3. The molecule has 1 fully saturated rings. The number of ether oxygens (including phenoxy) is 1. The van der Waals surface area contributed by atoms with Gasteiger partial charge in [-0.05, 0) is 31.4 Å². The van der Waals surface area contributed by atoms with Gasteiger partial charge in [-0.2, -0.15) is 0 Å². The van der Waals surface area contributed by atoms with Crippen LogP contribution in [0.2, 0.25) is 0 Å². The van der Waals surface area contributed by atoms with Crippen molar-refractivity contribution in [2.24, 2.45) is 0 Å². The Labute approximate surface area is 128 Å². The minimum atomic E-state index is -0.657. The molecule has 1 aromatic carbocycles. The fourth-order valence-corrected chi connectivity index (χ4v) is 1.73. The largest absolute Gasteiger partial charge is 0.452 e. The van der Waals surface area contributed by atoms with Gasteiger partial charge in [-0.1, -0.05) is 29.8 Å². The first kappa shape index (κ1) is 15.8. The van der Waals surface area contributed by atoms with Gasteiger partial charge >= 0.3 is 12.0 Å². The summed E-state index contributed by atoms with van der Waals surface area (Å²) in [6, 6.07) is 7.20. The molecule has 1 aliphatic rings. The summed E-state index contributed by atoms with van der Waals surface area (Å²) >= 11 is 0. The van der Waals surface area contributed by atoms with Crippen LogP contribution in [0.25, 0.3) is 6.08 Å². The number of urea groups is 1. The topological polar surface area (TPSA) is 84.5 Å². The summed E-state index contributed by atoms with van der Waals surface area (Å²) in [5, 5.41) is 4.70. The summed E-state index contributed by atoms with van der Waals surface area (Å²) in [6.07, 6.45) is 4.71. The number of benzene rings is 1. The van der Waals surface area contributed by atoms with E-state index in [9.17, 15) is 14.4 Å². The second-order valence-electron chi connectivity index (χ2n) is 5.15. The molecule has 0 saturated heterocycles. The smallest absolute Gasteiger partial charge is 0.331 e. The van der Waals surface area contributed by atoms with Crippen molar-refractivity contribution in [3.05, 3.63) is 41.5 Å². The molecule has 0 heterocycles. The highest BCUT2D eigenvalue weighted by molar-refractivity contribution is 5.96. The molecule has 2 rings (SSSR count).